The lowest BCUT2D eigenvalue weighted by Gasteiger charge is -2.04. The summed E-state index contributed by atoms with van der Waals surface area (Å²) >= 11 is 0. The minimum atomic E-state index is 0.360. The summed E-state index contributed by atoms with van der Waals surface area (Å²) in [5.74, 6) is 1.11. The molecule has 0 atom stereocenters. The van der Waals surface area contributed by atoms with Crippen LogP contribution in [0.1, 0.15) is 12.5 Å². The fourth-order valence-corrected chi connectivity index (χ4v) is 1.09. The summed E-state index contributed by atoms with van der Waals surface area (Å²) in [5, 5.41) is 0. The second-order valence-electron chi connectivity index (χ2n) is 3.01. The summed E-state index contributed by atoms with van der Waals surface area (Å²) in [5.41, 5.74) is 1.28. The van der Waals surface area contributed by atoms with Gasteiger partial charge >= 0.3 is 0 Å². The SMILES string of the molecule is C=C/C=N\C(=C)Oc1ccc(CC)cc1. The quantitative estimate of drug-likeness (QED) is 0.528. The molecule has 0 radical (unpaired) electrons. The van der Waals surface area contributed by atoms with Gasteiger partial charge in [0.2, 0.25) is 5.88 Å². The Morgan fingerprint density at radius 2 is 2.07 bits per heavy atom. The van der Waals surface area contributed by atoms with E-state index < -0.39 is 0 Å². The third kappa shape index (κ3) is 3.81. The van der Waals surface area contributed by atoms with Crippen molar-refractivity contribution in [2.45, 2.75) is 13.3 Å². The first-order valence-electron chi connectivity index (χ1n) is 4.87. The summed E-state index contributed by atoms with van der Waals surface area (Å²) in [6.07, 6.45) is 4.15. The third-order valence-corrected chi connectivity index (χ3v) is 1.89. The first kappa shape index (κ1) is 11.2. The molecular weight excluding hydrogens is 186 g/mol. The molecule has 0 aliphatic carbocycles. The van der Waals surface area contributed by atoms with E-state index in [4.69, 9.17) is 4.74 Å². The molecule has 2 heteroatoms. The van der Waals surface area contributed by atoms with Crippen molar-refractivity contribution in [3.8, 4) is 5.75 Å². The van der Waals surface area contributed by atoms with E-state index in [1.165, 1.54) is 5.56 Å². The molecule has 0 bridgehead atoms. The Balaban J connectivity index is 2.60. The molecule has 0 aliphatic heterocycles. The molecule has 15 heavy (non-hydrogen) atoms. The van der Waals surface area contributed by atoms with Crippen LogP contribution in [0.25, 0.3) is 0 Å². The molecule has 0 saturated heterocycles. The zero-order valence-electron chi connectivity index (χ0n) is 8.94. The van der Waals surface area contributed by atoms with E-state index in [0.717, 1.165) is 12.2 Å². The van der Waals surface area contributed by atoms with Crippen LogP contribution in [0.5, 0.6) is 5.75 Å². The second-order valence-corrected chi connectivity index (χ2v) is 3.01. The predicted octanol–water partition coefficient (Wildman–Crippen LogP) is 3.36. The van der Waals surface area contributed by atoms with Crippen molar-refractivity contribution in [3.63, 3.8) is 0 Å². The lowest BCUT2D eigenvalue weighted by atomic mass is 10.2. The summed E-state index contributed by atoms with van der Waals surface area (Å²) in [7, 11) is 0. The first-order valence-corrected chi connectivity index (χ1v) is 4.87. The lowest BCUT2D eigenvalue weighted by Crippen LogP contribution is -1.91. The molecule has 1 rings (SSSR count). The van der Waals surface area contributed by atoms with Crippen LogP contribution in [0.4, 0.5) is 0 Å². The zero-order valence-corrected chi connectivity index (χ0v) is 8.94. The maximum Gasteiger partial charge on any atom is 0.211 e. The van der Waals surface area contributed by atoms with Crippen molar-refractivity contribution in [2.24, 2.45) is 4.99 Å². The van der Waals surface area contributed by atoms with E-state index in [2.05, 4.69) is 25.1 Å². The summed E-state index contributed by atoms with van der Waals surface area (Å²) in [4.78, 5) is 3.92. The Morgan fingerprint density at radius 1 is 1.40 bits per heavy atom. The van der Waals surface area contributed by atoms with Crippen LogP contribution in [-0.4, -0.2) is 6.21 Å². The highest BCUT2D eigenvalue weighted by Crippen LogP contribution is 2.15. The second kappa shape index (κ2) is 5.81. The highest BCUT2D eigenvalue weighted by Gasteiger charge is 1.95. The molecule has 0 aliphatic rings. The fourth-order valence-electron chi connectivity index (χ4n) is 1.09. The van der Waals surface area contributed by atoms with Gasteiger partial charge < -0.3 is 4.74 Å². The molecule has 0 N–H and O–H groups in total. The summed E-state index contributed by atoms with van der Waals surface area (Å²) < 4.78 is 5.38. The molecule has 0 heterocycles. The predicted molar refractivity (Wildman–Crippen MR) is 64.3 cm³/mol. The normalized spacial score (nSPS) is 10.2. The van der Waals surface area contributed by atoms with Crippen molar-refractivity contribution in [2.75, 3.05) is 0 Å². The topological polar surface area (TPSA) is 21.6 Å². The molecule has 0 fully saturated rings. The van der Waals surface area contributed by atoms with Gasteiger partial charge in [-0.3, -0.25) is 0 Å². The summed E-state index contributed by atoms with van der Waals surface area (Å²) in [6, 6.07) is 7.88. The van der Waals surface area contributed by atoms with Crippen molar-refractivity contribution < 1.29 is 4.74 Å². The van der Waals surface area contributed by atoms with Gasteiger partial charge in [-0.1, -0.05) is 31.7 Å². The Labute approximate surface area is 90.6 Å². The number of aryl methyl sites for hydroxylation is 1. The van der Waals surface area contributed by atoms with Gasteiger partial charge in [0.05, 0.1) is 0 Å². The van der Waals surface area contributed by atoms with Crippen molar-refractivity contribution >= 4 is 6.21 Å². The molecule has 78 valence electrons. The molecule has 0 saturated carbocycles. The monoisotopic (exact) mass is 201 g/mol. The van der Waals surface area contributed by atoms with Crippen LogP contribution in [0, 0.1) is 0 Å². The number of rotatable bonds is 5. The van der Waals surface area contributed by atoms with Gasteiger partial charge in [-0.15, -0.1) is 0 Å². The Morgan fingerprint density at radius 3 is 2.60 bits per heavy atom. The third-order valence-electron chi connectivity index (χ3n) is 1.89. The maximum atomic E-state index is 5.38. The molecule has 0 spiro atoms. The minimum Gasteiger partial charge on any atom is -0.440 e. The van der Waals surface area contributed by atoms with E-state index in [1.807, 2.05) is 24.3 Å². The van der Waals surface area contributed by atoms with Crippen LogP contribution < -0.4 is 4.74 Å². The lowest BCUT2D eigenvalue weighted by molar-refractivity contribution is 0.424. The Kier molecular flexibility index (Phi) is 4.35. The molecule has 0 aromatic heterocycles. The maximum absolute atomic E-state index is 5.38. The number of hydrogen-bond acceptors (Lipinski definition) is 2. The molecule has 0 unspecified atom stereocenters. The van der Waals surface area contributed by atoms with Crippen molar-refractivity contribution in [1.29, 1.82) is 0 Å². The van der Waals surface area contributed by atoms with Gasteiger partial charge in [0, 0.05) is 6.21 Å². The van der Waals surface area contributed by atoms with Gasteiger partial charge in [-0.05, 0) is 30.7 Å². The number of nitrogens with zero attached hydrogens (tertiary/aromatic N) is 1. The van der Waals surface area contributed by atoms with E-state index in [9.17, 15) is 0 Å². The van der Waals surface area contributed by atoms with Crippen molar-refractivity contribution in [1.82, 2.24) is 0 Å². The van der Waals surface area contributed by atoms with Gasteiger partial charge in [0.25, 0.3) is 0 Å². The number of ether oxygens (including phenoxy) is 1. The van der Waals surface area contributed by atoms with Crippen LogP contribution in [0.2, 0.25) is 0 Å². The van der Waals surface area contributed by atoms with E-state index in [1.54, 1.807) is 12.3 Å². The van der Waals surface area contributed by atoms with Gasteiger partial charge in [0.15, 0.2) is 0 Å². The molecule has 0 amide bonds. The fraction of sp³-hybridized carbons (Fsp3) is 0.154. The van der Waals surface area contributed by atoms with Crippen LogP contribution in [0.3, 0.4) is 0 Å². The zero-order chi connectivity index (χ0) is 11.1. The van der Waals surface area contributed by atoms with Gasteiger partial charge in [-0.25, -0.2) is 4.99 Å². The Bertz CT molecular complexity index is 363. The minimum absolute atomic E-state index is 0.360. The highest BCUT2D eigenvalue weighted by molar-refractivity contribution is 5.70. The number of allylic oxidation sites excluding steroid dienone is 1. The average molecular weight is 201 g/mol. The molecule has 1 aromatic carbocycles. The largest absolute Gasteiger partial charge is 0.440 e. The molecular formula is C13H15NO. The Hall–Kier alpha value is -1.83. The smallest absolute Gasteiger partial charge is 0.211 e. The standard InChI is InChI=1S/C13H15NO/c1-4-10-14-11(3)15-13-8-6-12(5-2)7-9-13/h4,6-10H,1,3,5H2,2H3/b14-10-. The average Bonchev–Trinajstić information content (AvgIpc) is 2.27. The molecule has 2 nitrogen and oxygen atoms in total. The van der Waals surface area contributed by atoms with E-state index in [0.29, 0.717) is 5.88 Å². The van der Waals surface area contributed by atoms with Crippen LogP contribution in [0.15, 0.2) is 54.4 Å². The number of aliphatic imine (C=N–C) groups is 1. The highest BCUT2D eigenvalue weighted by atomic mass is 16.5. The van der Waals surface area contributed by atoms with Crippen molar-refractivity contribution in [3.05, 3.63) is 54.9 Å². The van der Waals surface area contributed by atoms with Crippen LogP contribution >= 0.6 is 0 Å². The summed E-state index contributed by atoms with van der Waals surface area (Å²) in [6.45, 7) is 9.29. The number of hydrogen-bond donors (Lipinski definition) is 0. The van der Waals surface area contributed by atoms with Gasteiger partial charge in [-0.2, -0.15) is 0 Å². The van der Waals surface area contributed by atoms with Crippen LogP contribution in [-0.2, 0) is 6.42 Å². The van der Waals surface area contributed by atoms with E-state index in [-0.39, 0.29) is 0 Å². The molecule has 1 aromatic rings. The van der Waals surface area contributed by atoms with Gasteiger partial charge in [0.1, 0.15) is 5.75 Å². The number of benzene rings is 1. The first-order chi connectivity index (χ1) is 7.26. The van der Waals surface area contributed by atoms with E-state index >= 15 is 0 Å².